The number of carbonyl (C=O) groups is 1. The number of nitrogens with zero attached hydrogens (tertiary/aromatic N) is 5. The van der Waals surface area contributed by atoms with Gasteiger partial charge < -0.3 is 48.2 Å². The fourth-order valence-corrected chi connectivity index (χ4v) is 7.93. The van der Waals surface area contributed by atoms with Crippen LogP contribution in [0.2, 0.25) is 0 Å². The molecule has 1 aliphatic heterocycles. The maximum Gasteiger partial charge on any atom is 1.00 e. The van der Waals surface area contributed by atoms with Gasteiger partial charge in [0, 0.05) is 48.9 Å². The van der Waals surface area contributed by atoms with Gasteiger partial charge in [-0.1, -0.05) is 37.6 Å². The summed E-state index contributed by atoms with van der Waals surface area (Å²) in [6, 6.07) is 20.0. The number of carbonyl (C=O) groups excluding carboxylic acids is 1. The molecule has 22 heteroatoms. The Balaban J connectivity index is 0.00000321. The molecule has 3 heterocycles. The van der Waals surface area contributed by atoms with Gasteiger partial charge in [0.1, 0.15) is 27.2 Å². The van der Waals surface area contributed by atoms with Crippen molar-refractivity contribution in [3.05, 3.63) is 100 Å². The van der Waals surface area contributed by atoms with E-state index in [0.717, 1.165) is 18.9 Å². The molecule has 62 heavy (non-hydrogen) atoms. The summed E-state index contributed by atoms with van der Waals surface area (Å²) in [4.78, 5) is 42.1. The number of fused-ring (bicyclic) bond motifs is 2. The zero-order chi connectivity index (χ0) is 42.1. The van der Waals surface area contributed by atoms with Crippen molar-refractivity contribution in [1.82, 2.24) is 19.5 Å². The maximum absolute atomic E-state index is 14.2. The van der Waals surface area contributed by atoms with E-state index in [1.54, 1.807) is 55.6 Å². The molecule has 310 valence electrons. The van der Waals surface area contributed by atoms with Gasteiger partial charge in [-0.2, -0.15) is 15.0 Å². The number of aromatic nitrogens is 4. The number of rotatable bonds is 14. The molecule has 18 nitrogen and oxygen atoms in total. The molecule has 0 saturated carbocycles. The number of ether oxygens (including phenoxy) is 2. The Labute approximate surface area is 402 Å². The molecule has 2 aliphatic rings. The average Bonchev–Trinajstić information content (AvgIpc) is 3.22. The van der Waals surface area contributed by atoms with E-state index in [9.17, 15) is 31.3 Å². The molecule has 1 aliphatic carbocycles. The molecule has 1 fully saturated rings. The molecule has 8 rings (SSSR count). The maximum atomic E-state index is 14.2. The Morgan fingerprint density at radius 2 is 1.55 bits per heavy atom. The molecule has 2 aromatic heterocycles. The van der Waals surface area contributed by atoms with Crippen LogP contribution in [0.5, 0.6) is 11.5 Å². The Morgan fingerprint density at radius 3 is 2.26 bits per heavy atom. The van der Waals surface area contributed by atoms with E-state index in [4.69, 9.17) is 13.7 Å². The summed E-state index contributed by atoms with van der Waals surface area (Å²) in [5.41, 5.74) is 2.36. The first kappa shape index (κ1) is 47.0. The summed E-state index contributed by atoms with van der Waals surface area (Å²) in [6.07, 6.45) is 1.70. The number of benzene rings is 4. The van der Waals surface area contributed by atoms with Gasteiger partial charge >= 0.3 is 59.1 Å². The summed E-state index contributed by atoms with van der Waals surface area (Å²) in [6.45, 7) is 4.16. The number of pyridine rings is 1. The number of morpholine rings is 1. The Hall–Kier alpha value is -4.45. The van der Waals surface area contributed by atoms with Gasteiger partial charge in [-0.15, -0.1) is 0 Å². The molecular formula is C40H36N8Na2O10S2. The normalized spacial score (nSPS) is 13.6. The van der Waals surface area contributed by atoms with Gasteiger partial charge in [0.2, 0.25) is 17.8 Å². The largest absolute Gasteiger partial charge is 1.00 e. The van der Waals surface area contributed by atoms with Gasteiger partial charge in [-0.25, -0.2) is 12.6 Å². The molecule has 1 atom stereocenters. The van der Waals surface area contributed by atoms with E-state index in [2.05, 4.69) is 30.9 Å². The zero-order valence-corrected chi connectivity index (χ0v) is 39.7. The predicted octanol–water partition coefficient (Wildman–Crippen LogP) is -0.734. The third kappa shape index (κ3) is 10.0. The van der Waals surface area contributed by atoms with Gasteiger partial charge in [0.15, 0.2) is 11.5 Å². The SMILES string of the molecule is CCCCOc1ccc(Nc2nc(Nc3ccc(S(=O)(=O)[O-])c(Nc4ccc5c6c(cc(=O)n5C)-c5ccccc5C(=O)c46)c3)nc(N3CCOCC3)n2)c(OS(=O)[O-])c1.[Na+].[Na+]. The minimum Gasteiger partial charge on any atom is -0.744 e. The van der Waals surface area contributed by atoms with Crippen molar-refractivity contribution in [1.29, 1.82) is 0 Å². The van der Waals surface area contributed by atoms with Crippen molar-refractivity contribution in [3.8, 4) is 22.6 Å². The number of nitrogens with one attached hydrogen (secondary N) is 3. The van der Waals surface area contributed by atoms with Crippen LogP contribution in [0.15, 0.2) is 88.6 Å². The Bertz CT molecular complexity index is 2880. The molecule has 1 saturated heterocycles. The fourth-order valence-electron chi connectivity index (χ4n) is 7.03. The summed E-state index contributed by atoms with van der Waals surface area (Å²) in [7, 11) is -3.47. The van der Waals surface area contributed by atoms with Crippen LogP contribution in [0.1, 0.15) is 35.7 Å². The van der Waals surface area contributed by atoms with Crippen LogP contribution in [0.3, 0.4) is 0 Å². The number of unbranched alkanes of at least 4 members (excludes halogenated alkanes) is 1. The zero-order valence-electron chi connectivity index (χ0n) is 34.1. The summed E-state index contributed by atoms with van der Waals surface area (Å²) < 4.78 is 78.9. The first-order chi connectivity index (χ1) is 28.9. The topological polar surface area (TPSA) is 242 Å². The van der Waals surface area contributed by atoms with E-state index in [0.29, 0.717) is 66.3 Å². The molecule has 3 N–H and O–H groups in total. The summed E-state index contributed by atoms with van der Waals surface area (Å²) in [5.74, 6) is 0.179. The second-order valence-electron chi connectivity index (χ2n) is 13.8. The molecule has 0 bridgehead atoms. The van der Waals surface area contributed by atoms with Crippen molar-refractivity contribution in [2.75, 3.05) is 53.8 Å². The van der Waals surface area contributed by atoms with Gasteiger partial charge in [0.25, 0.3) is 5.56 Å². The van der Waals surface area contributed by atoms with Crippen LogP contribution >= 0.6 is 0 Å². The van der Waals surface area contributed by atoms with E-state index in [1.807, 2.05) is 11.8 Å². The average molecular weight is 899 g/mol. The van der Waals surface area contributed by atoms with Crippen LogP contribution < -0.4 is 94.4 Å². The van der Waals surface area contributed by atoms with E-state index < -0.39 is 26.4 Å². The van der Waals surface area contributed by atoms with E-state index >= 15 is 0 Å². The summed E-state index contributed by atoms with van der Waals surface area (Å²) in [5, 5.41) is 9.59. The second kappa shape index (κ2) is 19.9. The first-order valence-electron chi connectivity index (χ1n) is 18.7. The number of hydrogen-bond donors (Lipinski definition) is 3. The van der Waals surface area contributed by atoms with Crippen molar-refractivity contribution >= 4 is 78.8 Å². The number of anilines is 7. The standard InChI is InChI=1S/C40H38N8O10S2.2Na/c1-3-4-17-57-24-10-11-28(32(21-24)58-59(51)52)43-39-44-38(45-40(46-39)48-15-18-56-19-16-48)41-23-9-14-33(60(53,54)55)30(20-23)42-29-12-13-31-35-27(22-34(49)47(31)2)25-7-5-6-8-26(25)37(50)36(29)35;;/h5-14,20-22,42H,3-4,15-19H2,1-2H3,(H,51,52)(H,53,54,55)(H2,41,43,44,45,46);;/q;2*+1/p-2. The van der Waals surface area contributed by atoms with E-state index in [-0.39, 0.29) is 122 Å². The predicted molar refractivity (Wildman–Crippen MR) is 222 cm³/mol. The third-order valence-corrected chi connectivity index (χ3v) is 11.1. The van der Waals surface area contributed by atoms with Crippen molar-refractivity contribution in [2.45, 2.75) is 24.7 Å². The first-order valence-corrected chi connectivity index (χ1v) is 21.1. The quantitative estimate of drug-likeness (QED) is 0.0527. The minimum absolute atomic E-state index is 0. The third-order valence-electron chi connectivity index (χ3n) is 9.92. The van der Waals surface area contributed by atoms with Crippen molar-refractivity contribution < 1.29 is 99.3 Å². The fraction of sp³-hybridized carbons (Fsp3) is 0.225. The second-order valence-corrected chi connectivity index (χ2v) is 15.7. The Kier molecular flexibility index (Phi) is 15.1. The van der Waals surface area contributed by atoms with Gasteiger partial charge in [-0.05, 0) is 60.0 Å². The van der Waals surface area contributed by atoms with Crippen LogP contribution in [0.25, 0.3) is 22.0 Å². The molecule has 6 aromatic rings. The van der Waals surface area contributed by atoms with Crippen LogP contribution in [-0.4, -0.2) is 79.9 Å². The monoisotopic (exact) mass is 898 g/mol. The van der Waals surface area contributed by atoms with Crippen LogP contribution in [0, 0.1) is 0 Å². The van der Waals surface area contributed by atoms with Crippen molar-refractivity contribution in [3.63, 3.8) is 0 Å². The van der Waals surface area contributed by atoms with Crippen molar-refractivity contribution in [2.24, 2.45) is 7.05 Å². The minimum atomic E-state index is -5.06. The molecule has 0 radical (unpaired) electrons. The molecule has 0 spiro atoms. The van der Waals surface area contributed by atoms with Gasteiger partial charge in [0.05, 0.1) is 52.9 Å². The number of aryl methyl sites for hydroxylation is 1. The number of hydrogen-bond acceptors (Lipinski definition) is 17. The van der Waals surface area contributed by atoms with Crippen LogP contribution in [-0.2, 0) is 33.3 Å². The molecule has 1 unspecified atom stereocenters. The Morgan fingerprint density at radius 1 is 0.839 bits per heavy atom. The van der Waals surface area contributed by atoms with Crippen LogP contribution in [0.4, 0.5) is 40.6 Å². The smallest absolute Gasteiger partial charge is 0.744 e. The van der Waals surface area contributed by atoms with Gasteiger partial charge in [-0.3, -0.25) is 9.59 Å². The van der Waals surface area contributed by atoms with E-state index in [1.165, 1.54) is 28.8 Å². The number of ketones is 1. The molecular weight excluding hydrogens is 863 g/mol. The molecule has 0 amide bonds. The molecule has 4 aromatic carbocycles. The summed E-state index contributed by atoms with van der Waals surface area (Å²) >= 11 is -2.92.